The van der Waals surface area contributed by atoms with Crippen LogP contribution in [0.2, 0.25) is 0 Å². The molecule has 0 spiro atoms. The van der Waals surface area contributed by atoms with Crippen LogP contribution in [-0.2, 0) is 16.1 Å². The molecule has 0 N–H and O–H groups in total. The Morgan fingerprint density at radius 3 is 2.58 bits per heavy atom. The molecule has 0 aliphatic carbocycles. The van der Waals surface area contributed by atoms with E-state index in [1.54, 1.807) is 12.1 Å². The van der Waals surface area contributed by atoms with Crippen molar-refractivity contribution in [1.29, 1.82) is 0 Å². The fourth-order valence-corrected chi connectivity index (χ4v) is 3.66. The zero-order valence-electron chi connectivity index (χ0n) is 16.9. The van der Waals surface area contributed by atoms with Crippen molar-refractivity contribution in [3.8, 4) is 11.5 Å². The molecule has 31 heavy (non-hydrogen) atoms. The number of rotatable bonds is 5. The van der Waals surface area contributed by atoms with Gasteiger partial charge in [-0.05, 0) is 35.9 Å². The topological polar surface area (TPSA) is 69.6 Å². The molecule has 2 aliphatic rings. The molecule has 3 aromatic rings. The number of esters is 1. The van der Waals surface area contributed by atoms with Gasteiger partial charge in [0.25, 0.3) is 0 Å². The quantitative estimate of drug-likeness (QED) is 0.584. The molecule has 1 atom stereocenters. The van der Waals surface area contributed by atoms with Gasteiger partial charge in [0.05, 0.1) is 12.7 Å². The molecule has 7 nitrogen and oxygen atoms in total. The summed E-state index contributed by atoms with van der Waals surface area (Å²) in [5.41, 5.74) is 3.35. The number of fused-ring (bicyclic) bond motifs is 1. The molecule has 3 aromatic carbocycles. The van der Waals surface area contributed by atoms with Crippen molar-refractivity contribution in [1.82, 2.24) is 4.90 Å². The Hall–Kier alpha value is -4.00. The minimum absolute atomic E-state index is 0.215. The molecule has 0 amide bonds. The van der Waals surface area contributed by atoms with Gasteiger partial charge in [0.15, 0.2) is 17.3 Å². The Morgan fingerprint density at radius 2 is 1.81 bits per heavy atom. The van der Waals surface area contributed by atoms with E-state index in [2.05, 4.69) is 22.2 Å². The molecule has 2 heterocycles. The van der Waals surface area contributed by atoms with Crippen LogP contribution in [0.1, 0.15) is 33.3 Å². The highest BCUT2D eigenvalue weighted by molar-refractivity contribution is 6.00. The van der Waals surface area contributed by atoms with E-state index in [1.165, 1.54) is 7.11 Å². The Balaban J connectivity index is 1.48. The largest absolute Gasteiger partial charge is 0.465 e. The summed E-state index contributed by atoms with van der Waals surface area (Å²) in [7, 11) is 1.36. The van der Waals surface area contributed by atoms with Gasteiger partial charge in [-0.15, -0.1) is 0 Å². The molecule has 0 radical (unpaired) electrons. The number of carbonyl (C=O) groups is 1. The maximum absolute atomic E-state index is 11.8. The van der Waals surface area contributed by atoms with Crippen molar-refractivity contribution in [2.75, 3.05) is 13.9 Å². The number of nitrogens with zero attached hydrogens (tertiary/aromatic N) is 2. The van der Waals surface area contributed by atoms with Crippen molar-refractivity contribution in [2.24, 2.45) is 5.16 Å². The fourth-order valence-electron chi connectivity index (χ4n) is 3.66. The van der Waals surface area contributed by atoms with E-state index in [0.29, 0.717) is 23.7 Å². The number of methoxy groups -OCH3 is 1. The highest BCUT2D eigenvalue weighted by atomic mass is 16.7. The lowest BCUT2D eigenvalue weighted by atomic mass is 10.1. The third-order valence-corrected chi connectivity index (χ3v) is 5.24. The first-order valence-electron chi connectivity index (χ1n) is 9.85. The number of benzene rings is 3. The zero-order chi connectivity index (χ0) is 21.2. The molecular weight excluding hydrogens is 396 g/mol. The van der Waals surface area contributed by atoms with Gasteiger partial charge in [-0.2, -0.15) is 0 Å². The monoisotopic (exact) mass is 416 g/mol. The lowest BCUT2D eigenvalue weighted by Crippen LogP contribution is -2.30. The van der Waals surface area contributed by atoms with E-state index in [-0.39, 0.29) is 12.8 Å². The van der Waals surface area contributed by atoms with Crippen LogP contribution >= 0.6 is 0 Å². The lowest BCUT2D eigenvalue weighted by Gasteiger charge is -2.26. The third-order valence-electron chi connectivity index (χ3n) is 5.24. The molecule has 0 saturated carbocycles. The van der Waals surface area contributed by atoms with Crippen molar-refractivity contribution in [3.05, 3.63) is 95.1 Å². The second-order valence-corrected chi connectivity index (χ2v) is 7.17. The minimum Gasteiger partial charge on any atom is -0.465 e. The van der Waals surface area contributed by atoms with E-state index in [9.17, 15) is 4.79 Å². The number of oxime groups is 1. The summed E-state index contributed by atoms with van der Waals surface area (Å²) in [6.07, 6.45) is -0.426. The first kappa shape index (κ1) is 19.0. The Bertz CT molecular complexity index is 1130. The lowest BCUT2D eigenvalue weighted by molar-refractivity contribution is 0.00572. The molecule has 2 aliphatic heterocycles. The minimum atomic E-state index is -0.426. The average Bonchev–Trinajstić information content (AvgIpc) is 3.46. The van der Waals surface area contributed by atoms with Gasteiger partial charge in [-0.3, -0.25) is 0 Å². The van der Waals surface area contributed by atoms with E-state index < -0.39 is 6.23 Å². The summed E-state index contributed by atoms with van der Waals surface area (Å²) in [6, 6.07) is 23.0. The second kappa shape index (κ2) is 8.02. The van der Waals surface area contributed by atoms with Crippen molar-refractivity contribution < 1.29 is 23.8 Å². The first-order valence-corrected chi connectivity index (χ1v) is 9.85. The maximum atomic E-state index is 11.8. The summed E-state index contributed by atoms with van der Waals surface area (Å²) in [5.74, 6) is 1.71. The summed E-state index contributed by atoms with van der Waals surface area (Å²) < 4.78 is 15.7. The van der Waals surface area contributed by atoms with Crippen LogP contribution in [0.4, 0.5) is 0 Å². The summed E-state index contributed by atoms with van der Waals surface area (Å²) in [4.78, 5) is 19.7. The highest BCUT2D eigenvalue weighted by Crippen LogP contribution is 2.38. The van der Waals surface area contributed by atoms with Gasteiger partial charge in [0.2, 0.25) is 13.0 Å². The zero-order valence-corrected chi connectivity index (χ0v) is 16.9. The number of ether oxygens (including phenoxy) is 3. The Labute approximate surface area is 179 Å². The predicted molar refractivity (Wildman–Crippen MR) is 113 cm³/mol. The van der Waals surface area contributed by atoms with E-state index in [0.717, 1.165) is 22.4 Å². The van der Waals surface area contributed by atoms with Crippen LogP contribution in [0, 0.1) is 0 Å². The first-order chi connectivity index (χ1) is 15.2. The molecular formula is C24H20N2O5. The summed E-state index contributed by atoms with van der Waals surface area (Å²) in [5, 5.41) is 4.38. The fraction of sp³-hybridized carbons (Fsp3) is 0.167. The smallest absolute Gasteiger partial charge is 0.337 e. The van der Waals surface area contributed by atoms with Crippen molar-refractivity contribution in [3.63, 3.8) is 0 Å². The molecule has 0 aromatic heterocycles. The van der Waals surface area contributed by atoms with Gasteiger partial charge in [0, 0.05) is 17.7 Å². The summed E-state index contributed by atoms with van der Waals surface area (Å²) in [6.45, 7) is 0.809. The molecule has 0 fully saturated rings. The molecule has 7 heteroatoms. The van der Waals surface area contributed by atoms with Crippen molar-refractivity contribution in [2.45, 2.75) is 12.8 Å². The Kier molecular flexibility index (Phi) is 4.92. The van der Waals surface area contributed by atoms with E-state index in [4.69, 9.17) is 19.0 Å². The number of carbonyl (C=O) groups excluding carboxylic acids is 1. The molecule has 156 valence electrons. The van der Waals surface area contributed by atoms with E-state index in [1.807, 2.05) is 48.5 Å². The molecule has 0 bridgehead atoms. The van der Waals surface area contributed by atoms with Crippen LogP contribution in [0.5, 0.6) is 11.5 Å². The van der Waals surface area contributed by atoms with Crippen LogP contribution in [0.15, 0.2) is 78.0 Å². The highest BCUT2D eigenvalue weighted by Gasteiger charge is 2.33. The van der Waals surface area contributed by atoms with E-state index >= 15 is 0 Å². The number of amidine groups is 1. The van der Waals surface area contributed by atoms with Crippen LogP contribution in [0.3, 0.4) is 0 Å². The SMILES string of the molecule is COC(=O)c1ccc(C2=NOC(c3ccc4c(c3)OCO4)N2Cc2ccccc2)cc1. The van der Waals surface area contributed by atoms with Crippen LogP contribution < -0.4 is 9.47 Å². The normalized spacial score (nSPS) is 16.6. The van der Waals surface area contributed by atoms with Gasteiger partial charge in [-0.1, -0.05) is 47.6 Å². The third kappa shape index (κ3) is 3.66. The molecule has 1 unspecified atom stereocenters. The van der Waals surface area contributed by atoms with Gasteiger partial charge >= 0.3 is 5.97 Å². The van der Waals surface area contributed by atoms with Gasteiger partial charge in [0.1, 0.15) is 0 Å². The van der Waals surface area contributed by atoms with Crippen LogP contribution in [-0.4, -0.2) is 30.6 Å². The molecule has 0 saturated heterocycles. The summed E-state index contributed by atoms with van der Waals surface area (Å²) >= 11 is 0. The second-order valence-electron chi connectivity index (χ2n) is 7.17. The maximum Gasteiger partial charge on any atom is 0.337 e. The number of hydrogen-bond acceptors (Lipinski definition) is 7. The molecule has 5 rings (SSSR count). The predicted octanol–water partition coefficient (Wildman–Crippen LogP) is 4.09. The van der Waals surface area contributed by atoms with Crippen LogP contribution in [0.25, 0.3) is 0 Å². The van der Waals surface area contributed by atoms with Crippen molar-refractivity contribution >= 4 is 11.8 Å². The average molecular weight is 416 g/mol. The standard InChI is InChI=1S/C24H20N2O5/c1-28-24(27)18-9-7-17(8-10-18)22-25-31-23(26(22)14-16-5-3-2-4-6-16)19-11-12-20-21(13-19)30-15-29-20/h2-13,23H,14-15H2,1H3. The van der Waals surface area contributed by atoms with Gasteiger partial charge < -0.3 is 23.9 Å². The van der Waals surface area contributed by atoms with Gasteiger partial charge in [-0.25, -0.2) is 4.79 Å². The number of hydrogen-bond donors (Lipinski definition) is 0. The Morgan fingerprint density at radius 1 is 1.03 bits per heavy atom.